The van der Waals surface area contributed by atoms with Gasteiger partial charge >= 0.3 is 6.09 Å². The van der Waals surface area contributed by atoms with Crippen molar-refractivity contribution in [2.24, 2.45) is 0 Å². The van der Waals surface area contributed by atoms with Crippen molar-refractivity contribution in [2.75, 3.05) is 25.5 Å². The van der Waals surface area contributed by atoms with Gasteiger partial charge in [0, 0.05) is 31.3 Å². The molecule has 0 aliphatic heterocycles. The van der Waals surface area contributed by atoms with Gasteiger partial charge < -0.3 is 14.5 Å². The van der Waals surface area contributed by atoms with E-state index in [4.69, 9.17) is 4.74 Å². The molecule has 22 heavy (non-hydrogen) atoms. The second kappa shape index (κ2) is 6.07. The normalized spacial score (nSPS) is 16.1. The molecule has 1 aromatic rings. The molecule has 1 aliphatic rings. The number of anilines is 1. The number of nitrogens with zero attached hydrogens (tertiary/aromatic N) is 3. The molecule has 6 heteroatoms. The smallest absolute Gasteiger partial charge is 0.410 e. The van der Waals surface area contributed by atoms with Crippen molar-refractivity contribution in [1.82, 2.24) is 9.88 Å². The van der Waals surface area contributed by atoms with Crippen LogP contribution in [-0.2, 0) is 4.74 Å². The molecule has 1 fully saturated rings. The van der Waals surface area contributed by atoms with Crippen LogP contribution >= 0.6 is 15.9 Å². The molecule has 0 N–H and O–H groups in total. The number of carbonyl (C=O) groups excluding carboxylic acids is 1. The van der Waals surface area contributed by atoms with Gasteiger partial charge in [-0.2, -0.15) is 0 Å². The Morgan fingerprint density at radius 1 is 1.36 bits per heavy atom. The van der Waals surface area contributed by atoms with Gasteiger partial charge in [0.25, 0.3) is 0 Å². The molecule has 0 bridgehead atoms. The summed E-state index contributed by atoms with van der Waals surface area (Å²) in [6.07, 6.45) is 5.32. The molecule has 0 atom stereocenters. The molecule has 0 spiro atoms. The Morgan fingerprint density at radius 2 is 2.00 bits per heavy atom. The zero-order valence-corrected chi connectivity index (χ0v) is 15.5. The molecule has 0 aromatic carbocycles. The lowest BCUT2D eigenvalue weighted by Crippen LogP contribution is -2.48. The topological polar surface area (TPSA) is 45.7 Å². The summed E-state index contributed by atoms with van der Waals surface area (Å²) in [7, 11) is 3.85. The minimum Gasteiger partial charge on any atom is -0.444 e. The van der Waals surface area contributed by atoms with Crippen LogP contribution in [0.1, 0.15) is 33.6 Å². The maximum atomic E-state index is 12.3. The maximum Gasteiger partial charge on any atom is 0.410 e. The molecule has 0 saturated heterocycles. The SMILES string of the molecule is CN(CC1(N(C)C(=O)OC(C)(C)C)CC1)c1cncc(Br)c1. The van der Waals surface area contributed by atoms with E-state index in [1.165, 1.54) is 0 Å². The van der Waals surface area contributed by atoms with Crippen LogP contribution in [0.25, 0.3) is 0 Å². The van der Waals surface area contributed by atoms with Crippen LogP contribution in [0.5, 0.6) is 0 Å². The van der Waals surface area contributed by atoms with Gasteiger partial charge in [-0.3, -0.25) is 4.98 Å². The first-order valence-electron chi connectivity index (χ1n) is 7.41. The second-order valence-corrected chi connectivity index (χ2v) is 7.90. The van der Waals surface area contributed by atoms with Gasteiger partial charge in [0.15, 0.2) is 0 Å². The summed E-state index contributed by atoms with van der Waals surface area (Å²) < 4.78 is 6.43. The van der Waals surface area contributed by atoms with E-state index in [0.717, 1.165) is 29.5 Å². The fourth-order valence-corrected chi connectivity index (χ4v) is 2.76. The Labute approximate surface area is 140 Å². The summed E-state index contributed by atoms with van der Waals surface area (Å²) >= 11 is 3.44. The number of likely N-dealkylation sites (N-methyl/N-ethyl adjacent to an activating group) is 2. The molecule has 122 valence electrons. The Balaban J connectivity index is 2.03. The third-order valence-electron chi connectivity index (χ3n) is 3.87. The zero-order valence-electron chi connectivity index (χ0n) is 13.9. The van der Waals surface area contributed by atoms with Crippen LogP contribution in [0.4, 0.5) is 10.5 Å². The van der Waals surface area contributed by atoms with Gasteiger partial charge in [-0.05, 0) is 55.6 Å². The monoisotopic (exact) mass is 369 g/mol. The summed E-state index contributed by atoms with van der Waals surface area (Å²) in [6.45, 7) is 6.42. The van der Waals surface area contributed by atoms with Crippen LogP contribution in [0, 0.1) is 0 Å². The highest BCUT2D eigenvalue weighted by Crippen LogP contribution is 2.42. The van der Waals surface area contributed by atoms with Gasteiger partial charge in [-0.15, -0.1) is 0 Å². The summed E-state index contributed by atoms with van der Waals surface area (Å²) in [4.78, 5) is 20.4. The highest BCUT2D eigenvalue weighted by Gasteiger charge is 2.50. The third-order valence-corrected chi connectivity index (χ3v) is 4.30. The van der Waals surface area contributed by atoms with E-state index in [9.17, 15) is 4.79 Å². The number of halogens is 1. The van der Waals surface area contributed by atoms with Gasteiger partial charge in [-0.1, -0.05) is 0 Å². The van der Waals surface area contributed by atoms with Gasteiger partial charge in [-0.25, -0.2) is 4.79 Å². The van der Waals surface area contributed by atoms with E-state index in [2.05, 4.69) is 25.8 Å². The summed E-state index contributed by atoms with van der Waals surface area (Å²) in [6, 6.07) is 2.02. The van der Waals surface area contributed by atoms with Crippen molar-refractivity contribution >= 4 is 27.7 Å². The number of carbonyl (C=O) groups is 1. The van der Waals surface area contributed by atoms with Gasteiger partial charge in [0.1, 0.15) is 5.60 Å². The average molecular weight is 370 g/mol. The van der Waals surface area contributed by atoms with Crippen molar-refractivity contribution in [3.8, 4) is 0 Å². The van der Waals surface area contributed by atoms with Crippen LogP contribution in [0.2, 0.25) is 0 Å². The largest absolute Gasteiger partial charge is 0.444 e. The first-order valence-corrected chi connectivity index (χ1v) is 8.21. The number of hydrogen-bond acceptors (Lipinski definition) is 4. The Morgan fingerprint density at radius 3 is 2.50 bits per heavy atom. The Kier molecular flexibility index (Phi) is 4.70. The van der Waals surface area contributed by atoms with E-state index in [0.29, 0.717) is 0 Å². The lowest BCUT2D eigenvalue weighted by molar-refractivity contribution is 0.0202. The molecule has 1 aliphatic carbocycles. The number of ether oxygens (including phenoxy) is 1. The highest BCUT2D eigenvalue weighted by atomic mass is 79.9. The van der Waals surface area contributed by atoms with E-state index in [-0.39, 0.29) is 11.6 Å². The average Bonchev–Trinajstić information content (AvgIpc) is 3.16. The molecular weight excluding hydrogens is 346 g/mol. The maximum absolute atomic E-state index is 12.3. The fraction of sp³-hybridized carbons (Fsp3) is 0.625. The summed E-state index contributed by atoms with van der Waals surface area (Å²) in [5.41, 5.74) is 0.416. The molecule has 0 unspecified atom stereocenters. The fourth-order valence-electron chi connectivity index (χ4n) is 2.41. The van der Waals surface area contributed by atoms with E-state index in [1.807, 2.05) is 47.1 Å². The minimum atomic E-state index is -0.471. The molecule has 5 nitrogen and oxygen atoms in total. The molecule has 0 radical (unpaired) electrons. The van der Waals surface area contributed by atoms with Gasteiger partial charge in [0.2, 0.25) is 0 Å². The van der Waals surface area contributed by atoms with Crippen molar-refractivity contribution in [1.29, 1.82) is 0 Å². The van der Waals surface area contributed by atoms with Gasteiger partial charge in [0.05, 0.1) is 17.4 Å². The zero-order chi connectivity index (χ0) is 16.5. The third kappa shape index (κ3) is 4.12. The number of hydrogen-bond donors (Lipinski definition) is 0. The number of pyridine rings is 1. The first-order chi connectivity index (χ1) is 10.1. The van der Waals surface area contributed by atoms with Crippen molar-refractivity contribution < 1.29 is 9.53 Å². The first kappa shape index (κ1) is 17.1. The minimum absolute atomic E-state index is 0.139. The second-order valence-electron chi connectivity index (χ2n) is 6.98. The number of amides is 1. The quantitative estimate of drug-likeness (QED) is 0.811. The summed E-state index contributed by atoms with van der Waals surface area (Å²) in [5, 5.41) is 0. The van der Waals surface area contributed by atoms with Crippen LogP contribution in [-0.4, -0.2) is 47.8 Å². The predicted octanol–water partition coefficient (Wildman–Crippen LogP) is 3.68. The highest BCUT2D eigenvalue weighted by molar-refractivity contribution is 9.10. The predicted molar refractivity (Wildman–Crippen MR) is 91.2 cm³/mol. The van der Waals surface area contributed by atoms with Crippen LogP contribution in [0.15, 0.2) is 22.9 Å². The lowest BCUT2D eigenvalue weighted by Gasteiger charge is -2.34. The molecule has 1 heterocycles. The number of aromatic nitrogens is 1. The molecule has 1 aromatic heterocycles. The summed E-state index contributed by atoms with van der Waals surface area (Å²) in [5.74, 6) is 0. The molecule has 1 amide bonds. The number of rotatable bonds is 4. The Hall–Kier alpha value is -1.30. The van der Waals surface area contributed by atoms with E-state index >= 15 is 0 Å². The molecule has 1 saturated carbocycles. The van der Waals surface area contributed by atoms with Crippen molar-refractivity contribution in [3.05, 3.63) is 22.9 Å². The van der Waals surface area contributed by atoms with E-state index < -0.39 is 5.60 Å². The molecule has 2 rings (SSSR count). The van der Waals surface area contributed by atoms with Crippen LogP contribution < -0.4 is 4.90 Å². The molecular formula is C16H24BrN3O2. The lowest BCUT2D eigenvalue weighted by atomic mass is 10.2. The van der Waals surface area contributed by atoms with E-state index in [1.54, 1.807) is 11.1 Å². The Bertz CT molecular complexity index is 553. The standard InChI is InChI=1S/C16H24BrN3O2/c1-15(2,3)22-14(21)20(5)16(6-7-16)11-19(4)13-8-12(17)9-18-10-13/h8-10H,6-7,11H2,1-5H3. The van der Waals surface area contributed by atoms with Crippen molar-refractivity contribution in [2.45, 2.75) is 44.8 Å². The van der Waals surface area contributed by atoms with Crippen LogP contribution in [0.3, 0.4) is 0 Å². The van der Waals surface area contributed by atoms with Crippen molar-refractivity contribution in [3.63, 3.8) is 0 Å².